The fourth-order valence-electron chi connectivity index (χ4n) is 2.31. The van der Waals surface area contributed by atoms with Crippen LogP contribution >= 0.6 is 0 Å². The maximum atomic E-state index is 5.83. The molecule has 2 N–H and O–H groups in total. The molecule has 1 aromatic carbocycles. The fourth-order valence-corrected chi connectivity index (χ4v) is 2.31. The molecule has 0 saturated carbocycles. The molecule has 1 aromatic heterocycles. The standard InChI is InChI=1S/C14H18N4O/c1-17-14(15)10-13(16-17)11-3-2-4-12(9-11)18-5-7-19-8-6-18/h2-4,9-10H,5-8,15H2,1H3. The average Bonchev–Trinajstić information content (AvgIpc) is 2.80. The van der Waals surface area contributed by atoms with Crippen LogP contribution in [0.15, 0.2) is 30.3 Å². The molecule has 2 heterocycles. The normalized spacial score (nSPS) is 15.7. The van der Waals surface area contributed by atoms with Crippen molar-refractivity contribution in [3.63, 3.8) is 0 Å². The highest BCUT2D eigenvalue weighted by atomic mass is 16.5. The van der Waals surface area contributed by atoms with Gasteiger partial charge in [0.15, 0.2) is 0 Å². The summed E-state index contributed by atoms with van der Waals surface area (Å²) in [6.45, 7) is 3.46. The number of nitrogens with two attached hydrogens (primary N) is 1. The summed E-state index contributed by atoms with van der Waals surface area (Å²) >= 11 is 0. The summed E-state index contributed by atoms with van der Waals surface area (Å²) in [6, 6.07) is 10.3. The minimum atomic E-state index is 0.673. The molecule has 0 spiro atoms. The van der Waals surface area contributed by atoms with Crippen LogP contribution < -0.4 is 10.6 Å². The van der Waals surface area contributed by atoms with Gasteiger partial charge < -0.3 is 15.4 Å². The van der Waals surface area contributed by atoms with Gasteiger partial charge in [-0.05, 0) is 12.1 Å². The highest BCUT2D eigenvalue weighted by molar-refractivity contribution is 5.67. The number of aryl methyl sites for hydroxylation is 1. The van der Waals surface area contributed by atoms with Crippen LogP contribution in [0.25, 0.3) is 11.3 Å². The Morgan fingerprint density at radius 3 is 2.68 bits per heavy atom. The van der Waals surface area contributed by atoms with Crippen molar-refractivity contribution in [2.75, 3.05) is 36.9 Å². The van der Waals surface area contributed by atoms with Gasteiger partial charge in [-0.15, -0.1) is 0 Å². The molecule has 0 bridgehead atoms. The Morgan fingerprint density at radius 1 is 1.21 bits per heavy atom. The van der Waals surface area contributed by atoms with Crippen molar-refractivity contribution in [2.24, 2.45) is 7.05 Å². The van der Waals surface area contributed by atoms with Gasteiger partial charge in [-0.1, -0.05) is 12.1 Å². The lowest BCUT2D eigenvalue weighted by atomic mass is 10.1. The summed E-state index contributed by atoms with van der Waals surface area (Å²) < 4.78 is 7.07. The van der Waals surface area contributed by atoms with Crippen LogP contribution in [0, 0.1) is 0 Å². The van der Waals surface area contributed by atoms with Crippen molar-refractivity contribution >= 4 is 11.5 Å². The third kappa shape index (κ3) is 2.42. The zero-order chi connectivity index (χ0) is 13.2. The molecule has 1 saturated heterocycles. The molecular formula is C14H18N4O. The Labute approximate surface area is 112 Å². The molecular weight excluding hydrogens is 240 g/mol. The largest absolute Gasteiger partial charge is 0.384 e. The van der Waals surface area contributed by atoms with Gasteiger partial charge in [0, 0.05) is 37.5 Å². The SMILES string of the molecule is Cn1nc(-c2cccc(N3CCOCC3)c2)cc1N. The predicted molar refractivity (Wildman–Crippen MR) is 76.1 cm³/mol. The predicted octanol–water partition coefficient (Wildman–Crippen LogP) is 1.51. The zero-order valence-electron chi connectivity index (χ0n) is 11.0. The van der Waals surface area contributed by atoms with Gasteiger partial charge in [0.1, 0.15) is 5.82 Å². The second-order valence-electron chi connectivity index (χ2n) is 4.73. The molecule has 100 valence electrons. The van der Waals surface area contributed by atoms with Crippen molar-refractivity contribution in [3.8, 4) is 11.3 Å². The van der Waals surface area contributed by atoms with E-state index in [0.29, 0.717) is 5.82 Å². The van der Waals surface area contributed by atoms with E-state index < -0.39 is 0 Å². The van der Waals surface area contributed by atoms with E-state index in [1.54, 1.807) is 4.68 Å². The number of nitrogens with zero attached hydrogens (tertiary/aromatic N) is 3. The van der Waals surface area contributed by atoms with Crippen LogP contribution in [-0.2, 0) is 11.8 Å². The van der Waals surface area contributed by atoms with Crippen LogP contribution in [0.1, 0.15) is 0 Å². The van der Waals surface area contributed by atoms with Gasteiger partial charge in [0.2, 0.25) is 0 Å². The Bertz CT molecular complexity index is 553. The van der Waals surface area contributed by atoms with E-state index in [1.807, 2.05) is 13.1 Å². The second kappa shape index (κ2) is 4.93. The first-order valence-corrected chi connectivity index (χ1v) is 6.47. The topological polar surface area (TPSA) is 56.3 Å². The molecule has 3 rings (SSSR count). The first-order valence-electron chi connectivity index (χ1n) is 6.47. The summed E-state index contributed by atoms with van der Waals surface area (Å²) in [5, 5.41) is 4.42. The Morgan fingerprint density at radius 2 is 2.00 bits per heavy atom. The Hall–Kier alpha value is -2.01. The van der Waals surface area contributed by atoms with E-state index in [1.165, 1.54) is 5.69 Å². The fraction of sp³-hybridized carbons (Fsp3) is 0.357. The highest BCUT2D eigenvalue weighted by Crippen LogP contribution is 2.25. The van der Waals surface area contributed by atoms with Crippen LogP contribution in [-0.4, -0.2) is 36.1 Å². The zero-order valence-corrected chi connectivity index (χ0v) is 11.0. The van der Waals surface area contributed by atoms with Gasteiger partial charge in [-0.25, -0.2) is 0 Å². The number of rotatable bonds is 2. The molecule has 0 unspecified atom stereocenters. The Kier molecular flexibility index (Phi) is 3.13. The summed E-state index contributed by atoms with van der Waals surface area (Å²) in [4.78, 5) is 2.33. The van der Waals surface area contributed by atoms with Crippen LogP contribution in [0.4, 0.5) is 11.5 Å². The van der Waals surface area contributed by atoms with Gasteiger partial charge in [-0.3, -0.25) is 4.68 Å². The van der Waals surface area contributed by atoms with E-state index in [2.05, 4.69) is 34.3 Å². The molecule has 5 nitrogen and oxygen atoms in total. The summed E-state index contributed by atoms with van der Waals surface area (Å²) in [5.74, 6) is 0.673. The number of aromatic nitrogens is 2. The molecule has 0 aliphatic carbocycles. The van der Waals surface area contributed by atoms with Crippen molar-refractivity contribution in [1.29, 1.82) is 0 Å². The molecule has 1 aliphatic rings. The quantitative estimate of drug-likeness (QED) is 0.887. The lowest BCUT2D eigenvalue weighted by Gasteiger charge is -2.29. The Balaban J connectivity index is 1.90. The van der Waals surface area contributed by atoms with E-state index in [-0.39, 0.29) is 0 Å². The smallest absolute Gasteiger partial charge is 0.121 e. The minimum absolute atomic E-state index is 0.673. The summed E-state index contributed by atoms with van der Waals surface area (Å²) in [6.07, 6.45) is 0. The molecule has 1 fully saturated rings. The number of hydrogen-bond acceptors (Lipinski definition) is 4. The van der Waals surface area contributed by atoms with E-state index >= 15 is 0 Å². The first kappa shape index (κ1) is 12.0. The van der Waals surface area contributed by atoms with Gasteiger partial charge in [0.25, 0.3) is 0 Å². The maximum Gasteiger partial charge on any atom is 0.121 e. The average molecular weight is 258 g/mol. The third-order valence-electron chi connectivity index (χ3n) is 3.43. The first-order chi connectivity index (χ1) is 9.24. The molecule has 5 heteroatoms. The monoisotopic (exact) mass is 258 g/mol. The molecule has 0 atom stereocenters. The third-order valence-corrected chi connectivity index (χ3v) is 3.43. The van der Waals surface area contributed by atoms with Crippen molar-refractivity contribution in [3.05, 3.63) is 30.3 Å². The van der Waals surface area contributed by atoms with E-state index in [4.69, 9.17) is 10.5 Å². The number of anilines is 2. The van der Waals surface area contributed by atoms with Crippen molar-refractivity contribution < 1.29 is 4.74 Å². The van der Waals surface area contributed by atoms with Gasteiger partial charge >= 0.3 is 0 Å². The van der Waals surface area contributed by atoms with E-state index in [9.17, 15) is 0 Å². The second-order valence-corrected chi connectivity index (χ2v) is 4.73. The lowest BCUT2D eigenvalue weighted by molar-refractivity contribution is 0.122. The molecule has 2 aromatic rings. The van der Waals surface area contributed by atoms with E-state index in [0.717, 1.165) is 37.6 Å². The number of hydrogen-bond donors (Lipinski definition) is 1. The number of ether oxygens (including phenoxy) is 1. The molecule has 19 heavy (non-hydrogen) atoms. The molecule has 0 amide bonds. The van der Waals surface area contributed by atoms with Crippen LogP contribution in [0.5, 0.6) is 0 Å². The van der Waals surface area contributed by atoms with Gasteiger partial charge in [0.05, 0.1) is 18.9 Å². The summed E-state index contributed by atoms with van der Waals surface area (Å²) in [7, 11) is 1.85. The number of benzene rings is 1. The maximum absolute atomic E-state index is 5.83. The number of morpholine rings is 1. The molecule has 1 aliphatic heterocycles. The lowest BCUT2D eigenvalue weighted by Crippen LogP contribution is -2.36. The van der Waals surface area contributed by atoms with Crippen molar-refractivity contribution in [2.45, 2.75) is 0 Å². The van der Waals surface area contributed by atoms with Crippen LogP contribution in [0.2, 0.25) is 0 Å². The van der Waals surface area contributed by atoms with Crippen LogP contribution in [0.3, 0.4) is 0 Å². The van der Waals surface area contributed by atoms with Gasteiger partial charge in [-0.2, -0.15) is 5.10 Å². The van der Waals surface area contributed by atoms with Crippen molar-refractivity contribution in [1.82, 2.24) is 9.78 Å². The highest BCUT2D eigenvalue weighted by Gasteiger charge is 2.12. The minimum Gasteiger partial charge on any atom is -0.384 e. The molecule has 0 radical (unpaired) electrons. The number of nitrogen functional groups attached to an aromatic ring is 1. The summed E-state index contributed by atoms with van der Waals surface area (Å²) in [5.41, 5.74) is 9.05.